The molecule has 186 valence electrons. The number of hydrogen-bond acceptors (Lipinski definition) is 7. The first-order valence-corrected chi connectivity index (χ1v) is 12.3. The van der Waals surface area contributed by atoms with Gasteiger partial charge in [0.1, 0.15) is 11.2 Å². The standard InChI is InChI=1S/C26H29ClN8O/c1-4-14-34-25(36)21-16-28-26(29-19-12-10-18(27)11-13-19)31-24(21)35(34)23-9-5-8-22(30-23)33(3)20-7-6-15-32(2)17-20/h4-5,8-13,16,20H,1,6-7,14-15,17H2,2-3H3,(H,28,29,31)/t20-/m1/s1. The maximum atomic E-state index is 13.3. The van der Waals surface area contributed by atoms with Crippen molar-refractivity contribution in [2.24, 2.45) is 0 Å². The Morgan fingerprint density at radius 2 is 2.03 bits per heavy atom. The van der Waals surface area contributed by atoms with Crippen LogP contribution in [0.4, 0.5) is 17.5 Å². The van der Waals surface area contributed by atoms with Crippen LogP contribution in [-0.4, -0.2) is 62.4 Å². The van der Waals surface area contributed by atoms with E-state index in [1.807, 2.05) is 30.3 Å². The molecule has 1 aromatic carbocycles. The van der Waals surface area contributed by atoms with E-state index in [9.17, 15) is 4.79 Å². The Balaban J connectivity index is 1.57. The van der Waals surface area contributed by atoms with E-state index in [2.05, 4.69) is 40.8 Å². The summed E-state index contributed by atoms with van der Waals surface area (Å²) in [7, 11) is 4.23. The molecule has 0 unspecified atom stereocenters. The van der Waals surface area contributed by atoms with Crippen molar-refractivity contribution < 1.29 is 0 Å². The second-order valence-electron chi connectivity index (χ2n) is 9.07. The van der Waals surface area contributed by atoms with Crippen molar-refractivity contribution in [2.75, 3.05) is 37.4 Å². The first-order chi connectivity index (χ1) is 17.4. The first-order valence-electron chi connectivity index (χ1n) is 12.0. The van der Waals surface area contributed by atoms with Gasteiger partial charge in [-0.05, 0) is 62.8 Å². The number of likely N-dealkylation sites (tertiary alicyclic amines) is 1. The number of hydrogen-bond donors (Lipinski definition) is 1. The van der Waals surface area contributed by atoms with Gasteiger partial charge in [-0.1, -0.05) is 23.7 Å². The lowest BCUT2D eigenvalue weighted by molar-refractivity contribution is 0.247. The van der Waals surface area contributed by atoms with Crippen molar-refractivity contribution in [3.8, 4) is 5.82 Å². The highest BCUT2D eigenvalue weighted by Crippen LogP contribution is 2.23. The Morgan fingerprint density at radius 3 is 2.78 bits per heavy atom. The number of aromatic nitrogens is 5. The predicted molar refractivity (Wildman–Crippen MR) is 145 cm³/mol. The van der Waals surface area contributed by atoms with Gasteiger partial charge in [-0.15, -0.1) is 6.58 Å². The molecule has 4 heterocycles. The van der Waals surface area contributed by atoms with Gasteiger partial charge in [0, 0.05) is 36.5 Å². The molecular formula is C26H29ClN8O. The molecule has 36 heavy (non-hydrogen) atoms. The monoisotopic (exact) mass is 504 g/mol. The van der Waals surface area contributed by atoms with Crippen molar-refractivity contribution >= 4 is 40.1 Å². The number of halogens is 1. The van der Waals surface area contributed by atoms with Crippen LogP contribution in [0.3, 0.4) is 0 Å². The second-order valence-corrected chi connectivity index (χ2v) is 9.51. The van der Waals surface area contributed by atoms with Crippen LogP contribution in [0.5, 0.6) is 0 Å². The van der Waals surface area contributed by atoms with Crippen LogP contribution in [0, 0.1) is 0 Å². The molecule has 0 aliphatic carbocycles. The number of nitrogens with zero attached hydrogens (tertiary/aromatic N) is 7. The average Bonchev–Trinajstić information content (AvgIpc) is 3.16. The van der Waals surface area contributed by atoms with Crippen LogP contribution < -0.4 is 15.8 Å². The number of nitrogens with one attached hydrogen (secondary N) is 1. The fourth-order valence-electron chi connectivity index (χ4n) is 4.64. The molecular weight excluding hydrogens is 476 g/mol. The Morgan fingerprint density at radius 1 is 1.22 bits per heavy atom. The summed E-state index contributed by atoms with van der Waals surface area (Å²) in [6.07, 6.45) is 5.51. The number of benzene rings is 1. The summed E-state index contributed by atoms with van der Waals surface area (Å²) in [4.78, 5) is 31.9. The van der Waals surface area contributed by atoms with Gasteiger partial charge in [0.15, 0.2) is 11.5 Å². The molecule has 1 fully saturated rings. The van der Waals surface area contributed by atoms with Crippen molar-refractivity contribution in [3.63, 3.8) is 0 Å². The zero-order valence-corrected chi connectivity index (χ0v) is 21.2. The van der Waals surface area contributed by atoms with Crippen LogP contribution in [0.25, 0.3) is 16.9 Å². The Labute approximate surface area is 214 Å². The number of allylic oxidation sites excluding steroid dienone is 1. The van der Waals surface area contributed by atoms with E-state index in [-0.39, 0.29) is 5.56 Å². The SMILES string of the molecule is C=CCn1c(=O)c2cnc(Nc3ccc(Cl)cc3)nc2n1-c1cccc(N(C)[C@@H]2CCCN(C)C2)n1. The fraction of sp³-hybridized carbons (Fsp3) is 0.308. The van der Waals surface area contributed by atoms with Gasteiger partial charge in [-0.25, -0.2) is 19.3 Å². The normalized spacial score (nSPS) is 16.2. The third-order valence-electron chi connectivity index (χ3n) is 6.52. The highest BCUT2D eigenvalue weighted by molar-refractivity contribution is 6.30. The number of fused-ring (bicyclic) bond motifs is 1. The molecule has 0 amide bonds. The topological polar surface area (TPSA) is 84.1 Å². The van der Waals surface area contributed by atoms with Gasteiger partial charge in [0.2, 0.25) is 5.95 Å². The smallest absolute Gasteiger partial charge is 0.278 e. The molecule has 1 atom stereocenters. The van der Waals surface area contributed by atoms with E-state index < -0.39 is 0 Å². The van der Waals surface area contributed by atoms with Crippen LogP contribution >= 0.6 is 11.6 Å². The lowest BCUT2D eigenvalue weighted by Gasteiger charge is -2.36. The second kappa shape index (κ2) is 10.1. The van der Waals surface area contributed by atoms with Crippen LogP contribution in [0.2, 0.25) is 5.02 Å². The number of piperidine rings is 1. The predicted octanol–water partition coefficient (Wildman–Crippen LogP) is 4.09. The quantitative estimate of drug-likeness (QED) is 0.379. The van der Waals surface area contributed by atoms with E-state index in [1.165, 1.54) is 0 Å². The lowest BCUT2D eigenvalue weighted by Crippen LogP contribution is -2.45. The molecule has 1 saturated heterocycles. The number of rotatable bonds is 7. The molecule has 10 heteroatoms. The van der Waals surface area contributed by atoms with Crippen LogP contribution in [0.15, 0.2) is 66.1 Å². The van der Waals surface area contributed by atoms with Gasteiger partial charge in [-0.2, -0.15) is 4.98 Å². The molecule has 4 aromatic rings. The zero-order valence-electron chi connectivity index (χ0n) is 20.4. The van der Waals surface area contributed by atoms with Crippen molar-refractivity contribution in [1.29, 1.82) is 0 Å². The maximum absolute atomic E-state index is 13.3. The molecule has 3 aromatic heterocycles. The highest BCUT2D eigenvalue weighted by atomic mass is 35.5. The molecule has 1 aliphatic heterocycles. The van der Waals surface area contributed by atoms with E-state index in [1.54, 1.807) is 33.8 Å². The highest BCUT2D eigenvalue weighted by Gasteiger charge is 2.23. The van der Waals surface area contributed by atoms with Crippen LogP contribution in [-0.2, 0) is 6.54 Å². The van der Waals surface area contributed by atoms with Gasteiger partial charge in [0.25, 0.3) is 5.56 Å². The first kappa shape index (κ1) is 24.0. The van der Waals surface area contributed by atoms with E-state index in [0.29, 0.717) is 40.4 Å². The lowest BCUT2D eigenvalue weighted by atomic mass is 10.1. The van der Waals surface area contributed by atoms with Gasteiger partial charge in [0.05, 0.1) is 6.54 Å². The summed E-state index contributed by atoms with van der Waals surface area (Å²) in [6, 6.07) is 13.5. The zero-order chi connectivity index (χ0) is 25.2. The summed E-state index contributed by atoms with van der Waals surface area (Å²) in [5, 5.41) is 4.23. The Hall–Kier alpha value is -3.69. The molecule has 0 radical (unpaired) electrons. The summed E-state index contributed by atoms with van der Waals surface area (Å²) in [5.74, 6) is 1.82. The fourth-order valence-corrected chi connectivity index (χ4v) is 4.77. The minimum Gasteiger partial charge on any atom is -0.355 e. The minimum absolute atomic E-state index is 0.197. The minimum atomic E-state index is -0.197. The van der Waals surface area contributed by atoms with E-state index in [0.717, 1.165) is 37.4 Å². The summed E-state index contributed by atoms with van der Waals surface area (Å²) < 4.78 is 3.33. The van der Waals surface area contributed by atoms with Crippen LogP contribution in [0.1, 0.15) is 12.8 Å². The number of pyridine rings is 1. The molecule has 0 bridgehead atoms. The summed E-state index contributed by atoms with van der Waals surface area (Å²) in [6.45, 7) is 6.25. The third kappa shape index (κ3) is 4.72. The van der Waals surface area contributed by atoms with E-state index >= 15 is 0 Å². The largest absolute Gasteiger partial charge is 0.355 e. The molecule has 1 N–H and O–H groups in total. The molecule has 0 spiro atoms. The van der Waals surface area contributed by atoms with Gasteiger partial charge >= 0.3 is 0 Å². The third-order valence-corrected chi connectivity index (χ3v) is 6.78. The number of anilines is 3. The van der Waals surface area contributed by atoms with Crippen molar-refractivity contribution in [2.45, 2.75) is 25.4 Å². The van der Waals surface area contributed by atoms with Gasteiger partial charge in [-0.3, -0.25) is 4.79 Å². The summed E-state index contributed by atoms with van der Waals surface area (Å²) in [5.41, 5.74) is 1.06. The average molecular weight is 505 g/mol. The van der Waals surface area contributed by atoms with Crippen molar-refractivity contribution in [3.05, 3.63) is 76.7 Å². The molecule has 1 aliphatic rings. The van der Waals surface area contributed by atoms with Gasteiger partial charge < -0.3 is 15.1 Å². The van der Waals surface area contributed by atoms with Crippen molar-refractivity contribution in [1.82, 2.24) is 29.2 Å². The van der Waals surface area contributed by atoms with E-state index in [4.69, 9.17) is 21.6 Å². The molecule has 5 rings (SSSR count). The maximum Gasteiger partial charge on any atom is 0.278 e. The molecule has 0 saturated carbocycles. The Bertz CT molecular complexity index is 1440. The number of likely N-dealkylation sites (N-methyl/N-ethyl adjacent to an activating group) is 2. The Kier molecular flexibility index (Phi) is 6.75. The summed E-state index contributed by atoms with van der Waals surface area (Å²) >= 11 is 6.00. The molecule has 9 nitrogen and oxygen atoms in total.